The zero-order valence-electron chi connectivity index (χ0n) is 21.5. The number of carbonyl (C=O) groups excluding carboxylic acids is 2. The van der Waals surface area contributed by atoms with Crippen LogP contribution in [-0.2, 0) is 35.3 Å². The fourth-order valence-electron chi connectivity index (χ4n) is 4.47. The van der Waals surface area contributed by atoms with Crippen LogP contribution in [0, 0.1) is 0 Å². The minimum absolute atomic E-state index is 0. The number of aryl methyl sites for hydroxylation is 3. The van der Waals surface area contributed by atoms with Crippen LogP contribution in [0.25, 0.3) is 0 Å². The number of rotatable bonds is 12. The van der Waals surface area contributed by atoms with Gasteiger partial charge in [0.1, 0.15) is 17.5 Å². The summed E-state index contributed by atoms with van der Waals surface area (Å²) in [5, 5.41) is 24.1. The minimum atomic E-state index is -1.18. The number of phenols is 1. The fourth-order valence-corrected chi connectivity index (χ4v) is 4.47. The predicted molar refractivity (Wildman–Crippen MR) is 152 cm³/mol. The van der Waals surface area contributed by atoms with Crippen molar-refractivity contribution in [1.82, 2.24) is 10.3 Å². The molecule has 1 aromatic heterocycles. The van der Waals surface area contributed by atoms with Gasteiger partial charge in [-0.3, -0.25) is 14.6 Å². The normalized spacial score (nSPS) is 12.8. The Bertz CT molecular complexity index is 1300. The van der Waals surface area contributed by atoms with Gasteiger partial charge in [-0.15, -0.1) is 0 Å². The molecule has 0 radical (unpaired) electrons. The van der Waals surface area contributed by atoms with Crippen molar-refractivity contribution in [3.05, 3.63) is 82.7 Å². The number of carbonyl (C=O) groups is 3. The van der Waals surface area contributed by atoms with Gasteiger partial charge in [0.25, 0.3) is 5.91 Å². The van der Waals surface area contributed by atoms with Crippen molar-refractivity contribution in [3.63, 3.8) is 0 Å². The maximum atomic E-state index is 12.6. The summed E-state index contributed by atoms with van der Waals surface area (Å²) in [7, 11) is 0. The summed E-state index contributed by atoms with van der Waals surface area (Å²) in [4.78, 5) is 39.9. The molecule has 1 aliphatic rings. The lowest BCUT2D eigenvalue weighted by Crippen LogP contribution is -2.42. The van der Waals surface area contributed by atoms with Crippen molar-refractivity contribution in [2.45, 2.75) is 51.0 Å². The Balaban J connectivity index is 0.00000420. The maximum Gasteiger partial charge on any atom is 0.326 e. The molecule has 3 aromatic rings. The number of nitrogens with zero attached hydrogens (tertiary/aromatic N) is 1. The van der Waals surface area contributed by atoms with Crippen molar-refractivity contribution in [3.8, 4) is 11.5 Å². The number of carboxylic acids is 1. The van der Waals surface area contributed by atoms with Gasteiger partial charge < -0.3 is 25.6 Å². The first-order chi connectivity index (χ1) is 18.4. The molecule has 0 fully saturated rings. The standard InChI is InChI=1S/C29H31N3O6.H2S/c33-18-30-25-17-21(10-14-27(25)34)28(35)32-26(29(36)37)16-19-7-12-23(13-8-19)38-15-3-5-22-11-9-20-4-1-2-6-24(20)31-22;/h7-14,17-18,26,34H,1-6,15-16H2,(H,30,33)(H,32,35)(H,36,37);1H2/t26-;/m0./s1. The van der Waals surface area contributed by atoms with Gasteiger partial charge in [-0.2, -0.15) is 13.5 Å². The molecule has 4 rings (SSSR count). The van der Waals surface area contributed by atoms with Gasteiger partial charge in [-0.1, -0.05) is 18.2 Å². The van der Waals surface area contributed by atoms with E-state index in [1.54, 1.807) is 24.3 Å². The van der Waals surface area contributed by atoms with Crippen molar-refractivity contribution in [1.29, 1.82) is 0 Å². The first-order valence-electron chi connectivity index (χ1n) is 12.7. The Morgan fingerprint density at radius 2 is 1.82 bits per heavy atom. The van der Waals surface area contributed by atoms with E-state index in [0.29, 0.717) is 18.8 Å². The number of amides is 2. The van der Waals surface area contributed by atoms with Crippen LogP contribution < -0.4 is 15.4 Å². The summed E-state index contributed by atoms with van der Waals surface area (Å²) in [6.07, 6.45) is 6.77. The molecule has 0 unspecified atom stereocenters. The molecule has 0 saturated heterocycles. The third-order valence-electron chi connectivity index (χ3n) is 6.52. The number of ether oxygens (including phenoxy) is 1. The predicted octanol–water partition coefficient (Wildman–Crippen LogP) is 3.78. The molecule has 0 aliphatic heterocycles. The third-order valence-corrected chi connectivity index (χ3v) is 6.52. The van der Waals surface area contributed by atoms with Crippen LogP contribution in [0.15, 0.2) is 54.6 Å². The van der Waals surface area contributed by atoms with Crippen LogP contribution in [-0.4, -0.2) is 46.1 Å². The molecule has 1 heterocycles. The topological polar surface area (TPSA) is 138 Å². The van der Waals surface area contributed by atoms with Crippen LogP contribution in [0.2, 0.25) is 0 Å². The maximum absolute atomic E-state index is 12.6. The number of hydrogen-bond acceptors (Lipinski definition) is 6. The molecule has 0 saturated carbocycles. The number of phenolic OH excluding ortho intramolecular Hbond substituents is 1. The largest absolute Gasteiger partial charge is 0.506 e. The fraction of sp³-hybridized carbons (Fsp3) is 0.310. The lowest BCUT2D eigenvalue weighted by molar-refractivity contribution is -0.139. The Morgan fingerprint density at radius 1 is 1.05 bits per heavy atom. The zero-order valence-corrected chi connectivity index (χ0v) is 22.5. The molecule has 9 nitrogen and oxygen atoms in total. The highest BCUT2D eigenvalue weighted by Gasteiger charge is 2.22. The number of nitrogens with one attached hydrogen (secondary N) is 2. The highest BCUT2D eigenvalue weighted by molar-refractivity contribution is 7.59. The van der Waals surface area contributed by atoms with E-state index in [1.165, 1.54) is 42.3 Å². The third kappa shape index (κ3) is 8.22. The molecule has 1 aliphatic carbocycles. The van der Waals surface area contributed by atoms with E-state index in [-0.39, 0.29) is 36.9 Å². The summed E-state index contributed by atoms with van der Waals surface area (Å²) < 4.78 is 5.85. The van der Waals surface area contributed by atoms with Gasteiger partial charge in [-0.05, 0) is 86.1 Å². The molecule has 206 valence electrons. The highest BCUT2D eigenvalue weighted by Crippen LogP contribution is 2.24. The molecule has 2 amide bonds. The van der Waals surface area contributed by atoms with Gasteiger partial charge >= 0.3 is 5.97 Å². The van der Waals surface area contributed by atoms with E-state index in [4.69, 9.17) is 9.72 Å². The van der Waals surface area contributed by atoms with Gasteiger partial charge in [0.15, 0.2) is 0 Å². The van der Waals surface area contributed by atoms with E-state index in [9.17, 15) is 24.6 Å². The van der Waals surface area contributed by atoms with E-state index in [1.807, 2.05) is 0 Å². The number of aliphatic carboxylic acids is 1. The Hall–Kier alpha value is -4.05. The van der Waals surface area contributed by atoms with Crippen molar-refractivity contribution < 1.29 is 29.3 Å². The summed E-state index contributed by atoms with van der Waals surface area (Å²) in [5.41, 5.74) is 4.58. The number of pyridine rings is 1. The van der Waals surface area contributed by atoms with Gasteiger partial charge in [0, 0.05) is 23.4 Å². The molecule has 1 atom stereocenters. The quantitative estimate of drug-likeness (QED) is 0.153. The number of fused-ring (bicyclic) bond motifs is 1. The van der Waals surface area contributed by atoms with E-state index < -0.39 is 17.9 Å². The summed E-state index contributed by atoms with van der Waals surface area (Å²) in [6, 6.07) is 14.1. The van der Waals surface area contributed by atoms with Crippen LogP contribution in [0.1, 0.15) is 52.1 Å². The minimum Gasteiger partial charge on any atom is -0.506 e. The molecule has 4 N–H and O–H groups in total. The van der Waals surface area contributed by atoms with Crippen LogP contribution in [0.5, 0.6) is 11.5 Å². The smallest absolute Gasteiger partial charge is 0.326 e. The van der Waals surface area contributed by atoms with Crippen molar-refractivity contribution in [2.75, 3.05) is 11.9 Å². The molecule has 0 spiro atoms. The molecule has 10 heteroatoms. The van der Waals surface area contributed by atoms with Gasteiger partial charge in [0.2, 0.25) is 6.41 Å². The van der Waals surface area contributed by atoms with Crippen molar-refractivity contribution in [2.24, 2.45) is 0 Å². The Morgan fingerprint density at radius 3 is 2.56 bits per heavy atom. The second kappa shape index (κ2) is 14.2. The summed E-state index contributed by atoms with van der Waals surface area (Å²) in [6.45, 7) is 0.541. The monoisotopic (exact) mass is 551 g/mol. The van der Waals surface area contributed by atoms with E-state index in [2.05, 4.69) is 22.8 Å². The Kier molecular flexibility index (Phi) is 10.7. The number of hydrogen-bond donors (Lipinski definition) is 4. The van der Waals surface area contributed by atoms with Crippen molar-refractivity contribution >= 4 is 37.5 Å². The average Bonchev–Trinajstić information content (AvgIpc) is 2.92. The van der Waals surface area contributed by atoms with Crippen LogP contribution in [0.4, 0.5) is 5.69 Å². The van der Waals surface area contributed by atoms with Crippen LogP contribution >= 0.6 is 13.5 Å². The second-order valence-corrected chi connectivity index (χ2v) is 9.27. The SMILES string of the molecule is O=CNc1cc(C(=O)N[C@@H](Cc2ccc(OCCCc3ccc4c(n3)CCCC4)cc2)C(=O)O)ccc1O.S. The number of anilines is 1. The Labute approximate surface area is 234 Å². The van der Waals surface area contributed by atoms with Crippen LogP contribution in [0.3, 0.4) is 0 Å². The molecule has 0 bridgehead atoms. The second-order valence-electron chi connectivity index (χ2n) is 9.27. The highest BCUT2D eigenvalue weighted by atomic mass is 32.1. The molecule has 39 heavy (non-hydrogen) atoms. The average molecular weight is 552 g/mol. The first kappa shape index (κ1) is 29.5. The first-order valence-corrected chi connectivity index (χ1v) is 12.7. The number of benzene rings is 2. The van der Waals surface area contributed by atoms with E-state index >= 15 is 0 Å². The number of aromatic hydroxyl groups is 1. The van der Waals surface area contributed by atoms with Gasteiger partial charge in [0.05, 0.1) is 12.3 Å². The van der Waals surface area contributed by atoms with E-state index in [0.717, 1.165) is 36.9 Å². The summed E-state index contributed by atoms with van der Waals surface area (Å²) >= 11 is 0. The lowest BCUT2D eigenvalue weighted by atomic mass is 9.95. The van der Waals surface area contributed by atoms with Gasteiger partial charge in [-0.25, -0.2) is 4.79 Å². The molecular weight excluding hydrogens is 518 g/mol. The number of carboxylic acid groups (broad SMARTS) is 1. The lowest BCUT2D eigenvalue weighted by Gasteiger charge is -2.16. The number of aromatic nitrogens is 1. The molecular formula is C29H33N3O6S. The summed E-state index contributed by atoms with van der Waals surface area (Å²) in [5.74, 6) is -1.34. The molecule has 2 aromatic carbocycles. The zero-order chi connectivity index (χ0) is 26.9.